The van der Waals surface area contributed by atoms with Gasteiger partial charge in [-0.25, -0.2) is 4.79 Å². The molecule has 1 fully saturated rings. The molecule has 132 valence electrons. The molecule has 1 aliphatic carbocycles. The predicted octanol–water partition coefficient (Wildman–Crippen LogP) is 2.02. The minimum atomic E-state index is -0.862. The summed E-state index contributed by atoms with van der Waals surface area (Å²) in [6.45, 7) is 7.22. The Morgan fingerprint density at radius 3 is 2.60 bits per heavy atom. The van der Waals surface area contributed by atoms with E-state index < -0.39 is 12.1 Å². The van der Waals surface area contributed by atoms with Crippen LogP contribution in [0.25, 0.3) is 5.69 Å². The molecule has 7 nitrogen and oxygen atoms in total. The molecule has 3 rings (SSSR count). The van der Waals surface area contributed by atoms with Crippen LogP contribution in [0, 0.1) is 20.8 Å². The van der Waals surface area contributed by atoms with Gasteiger partial charge in [-0.15, -0.1) is 5.10 Å². The second-order valence-corrected chi connectivity index (χ2v) is 6.54. The number of aryl methyl sites for hydroxylation is 3. The average molecular weight is 342 g/mol. The van der Waals surface area contributed by atoms with Crippen molar-refractivity contribution >= 4 is 11.9 Å². The minimum Gasteiger partial charge on any atom is -0.448 e. The quantitative estimate of drug-likeness (QED) is 0.840. The number of esters is 1. The Morgan fingerprint density at radius 2 is 1.96 bits per heavy atom. The zero-order chi connectivity index (χ0) is 18.1. The summed E-state index contributed by atoms with van der Waals surface area (Å²) >= 11 is 0. The van der Waals surface area contributed by atoms with Crippen LogP contribution < -0.4 is 5.32 Å². The summed E-state index contributed by atoms with van der Waals surface area (Å²) in [5.74, 6) is -0.928. The summed E-state index contributed by atoms with van der Waals surface area (Å²) in [6.07, 6.45) is 1.10. The number of nitrogens with one attached hydrogen (secondary N) is 1. The Labute approximate surface area is 146 Å². The highest BCUT2D eigenvalue weighted by Crippen LogP contribution is 2.19. The van der Waals surface area contributed by atoms with Crippen molar-refractivity contribution in [3.8, 4) is 5.69 Å². The number of carbonyl (C=O) groups excluding carboxylic acids is 2. The third-order valence-electron chi connectivity index (χ3n) is 4.12. The van der Waals surface area contributed by atoms with Crippen LogP contribution in [0.5, 0.6) is 0 Å². The molecule has 2 aromatic rings. The van der Waals surface area contributed by atoms with E-state index in [0.29, 0.717) is 5.69 Å². The molecule has 0 bridgehead atoms. The summed E-state index contributed by atoms with van der Waals surface area (Å²) < 4.78 is 5.24. The van der Waals surface area contributed by atoms with E-state index in [2.05, 4.69) is 15.5 Å². The van der Waals surface area contributed by atoms with E-state index in [-0.39, 0.29) is 17.6 Å². The number of rotatable bonds is 5. The molecule has 1 heterocycles. The molecule has 1 aromatic carbocycles. The zero-order valence-corrected chi connectivity index (χ0v) is 14.9. The Hall–Kier alpha value is -2.70. The number of ether oxygens (including phenoxy) is 1. The first-order valence-corrected chi connectivity index (χ1v) is 8.38. The SMILES string of the molecule is Cc1ccc(-n2nc(C)c(C(=O)O[C@@H](C)C(=O)NC3CC3)n2)c(C)c1. The lowest BCUT2D eigenvalue weighted by Crippen LogP contribution is -2.37. The van der Waals surface area contributed by atoms with Gasteiger partial charge in [0.2, 0.25) is 0 Å². The molecule has 0 unspecified atom stereocenters. The monoisotopic (exact) mass is 342 g/mol. The maximum Gasteiger partial charge on any atom is 0.361 e. The second kappa shape index (κ2) is 6.66. The van der Waals surface area contributed by atoms with Crippen molar-refractivity contribution in [2.75, 3.05) is 0 Å². The van der Waals surface area contributed by atoms with Crippen LogP contribution >= 0.6 is 0 Å². The van der Waals surface area contributed by atoms with Gasteiger partial charge >= 0.3 is 5.97 Å². The molecule has 0 aliphatic heterocycles. The van der Waals surface area contributed by atoms with Gasteiger partial charge < -0.3 is 10.1 Å². The Kier molecular flexibility index (Phi) is 4.57. The van der Waals surface area contributed by atoms with Crippen LogP contribution in [0.2, 0.25) is 0 Å². The van der Waals surface area contributed by atoms with Crippen LogP contribution in [-0.4, -0.2) is 39.0 Å². The highest BCUT2D eigenvalue weighted by molar-refractivity contribution is 5.91. The normalized spacial score (nSPS) is 14.9. The highest BCUT2D eigenvalue weighted by Gasteiger charge is 2.28. The van der Waals surface area contributed by atoms with Crippen molar-refractivity contribution in [3.63, 3.8) is 0 Å². The standard InChI is InChI=1S/C18H22N4O3/c1-10-5-8-15(11(2)9-10)22-20-12(3)16(21-22)18(24)25-13(4)17(23)19-14-6-7-14/h5,8-9,13-14H,6-7H2,1-4H3,(H,19,23)/t13-/m0/s1. The molecule has 0 radical (unpaired) electrons. The maximum atomic E-state index is 12.3. The third kappa shape index (κ3) is 3.87. The zero-order valence-electron chi connectivity index (χ0n) is 14.9. The predicted molar refractivity (Wildman–Crippen MR) is 91.6 cm³/mol. The molecule has 1 saturated carbocycles. The van der Waals surface area contributed by atoms with Crippen LogP contribution in [0.1, 0.15) is 47.1 Å². The van der Waals surface area contributed by atoms with E-state index in [4.69, 9.17) is 4.74 Å². The highest BCUT2D eigenvalue weighted by atomic mass is 16.5. The fourth-order valence-corrected chi connectivity index (χ4v) is 2.52. The Bertz CT molecular complexity index is 824. The first-order chi connectivity index (χ1) is 11.8. The van der Waals surface area contributed by atoms with Crippen LogP contribution in [-0.2, 0) is 9.53 Å². The number of carbonyl (C=O) groups is 2. The average Bonchev–Trinajstić information content (AvgIpc) is 3.27. The van der Waals surface area contributed by atoms with Crippen molar-refractivity contribution in [2.45, 2.75) is 52.7 Å². The molecule has 25 heavy (non-hydrogen) atoms. The van der Waals surface area contributed by atoms with Gasteiger partial charge in [0.05, 0.1) is 11.4 Å². The lowest BCUT2D eigenvalue weighted by Gasteiger charge is -2.12. The number of hydrogen-bond acceptors (Lipinski definition) is 5. The first kappa shape index (κ1) is 17.1. The van der Waals surface area contributed by atoms with Crippen LogP contribution in [0.15, 0.2) is 18.2 Å². The summed E-state index contributed by atoms with van der Waals surface area (Å²) in [5, 5.41) is 11.4. The van der Waals surface area contributed by atoms with Crippen molar-refractivity contribution < 1.29 is 14.3 Å². The Balaban J connectivity index is 1.74. The van der Waals surface area contributed by atoms with E-state index in [1.165, 1.54) is 4.80 Å². The van der Waals surface area contributed by atoms with Gasteiger partial charge in [0.1, 0.15) is 0 Å². The number of amides is 1. The van der Waals surface area contributed by atoms with Gasteiger partial charge in [0, 0.05) is 6.04 Å². The molecule has 1 aromatic heterocycles. The summed E-state index contributed by atoms with van der Waals surface area (Å²) in [5.41, 5.74) is 3.52. The molecule has 0 spiro atoms. The smallest absolute Gasteiger partial charge is 0.361 e. The van der Waals surface area contributed by atoms with Gasteiger partial charge in [-0.1, -0.05) is 17.7 Å². The lowest BCUT2D eigenvalue weighted by molar-refractivity contribution is -0.129. The number of nitrogens with zero attached hydrogens (tertiary/aromatic N) is 3. The van der Waals surface area contributed by atoms with E-state index in [9.17, 15) is 9.59 Å². The molecule has 1 aliphatic rings. The molecule has 0 saturated heterocycles. The topological polar surface area (TPSA) is 86.1 Å². The van der Waals surface area contributed by atoms with Gasteiger partial charge in [0.25, 0.3) is 5.91 Å². The third-order valence-corrected chi connectivity index (χ3v) is 4.12. The lowest BCUT2D eigenvalue weighted by atomic mass is 10.1. The van der Waals surface area contributed by atoms with Crippen molar-refractivity contribution in [1.82, 2.24) is 20.3 Å². The fraction of sp³-hybridized carbons (Fsp3) is 0.444. The maximum absolute atomic E-state index is 12.3. The largest absolute Gasteiger partial charge is 0.448 e. The van der Waals surface area contributed by atoms with Crippen LogP contribution in [0.3, 0.4) is 0 Å². The molecular weight excluding hydrogens is 320 g/mol. The minimum absolute atomic E-state index is 0.117. The Morgan fingerprint density at radius 1 is 1.24 bits per heavy atom. The number of aromatic nitrogens is 3. The second-order valence-electron chi connectivity index (χ2n) is 6.54. The first-order valence-electron chi connectivity index (χ1n) is 8.38. The summed E-state index contributed by atoms with van der Waals surface area (Å²) in [4.78, 5) is 25.7. The van der Waals surface area contributed by atoms with Crippen molar-refractivity contribution in [1.29, 1.82) is 0 Å². The van der Waals surface area contributed by atoms with Gasteiger partial charge in [0.15, 0.2) is 11.8 Å². The van der Waals surface area contributed by atoms with Gasteiger partial charge in [-0.2, -0.15) is 9.90 Å². The molecule has 1 N–H and O–H groups in total. The number of hydrogen-bond donors (Lipinski definition) is 1. The van der Waals surface area contributed by atoms with E-state index in [0.717, 1.165) is 29.7 Å². The van der Waals surface area contributed by atoms with E-state index in [1.54, 1.807) is 13.8 Å². The van der Waals surface area contributed by atoms with E-state index in [1.807, 2.05) is 32.0 Å². The molecular formula is C18H22N4O3. The van der Waals surface area contributed by atoms with Gasteiger partial charge in [-0.3, -0.25) is 4.79 Å². The van der Waals surface area contributed by atoms with Crippen molar-refractivity contribution in [2.24, 2.45) is 0 Å². The van der Waals surface area contributed by atoms with Gasteiger partial charge in [-0.05, 0) is 52.2 Å². The molecule has 1 amide bonds. The van der Waals surface area contributed by atoms with E-state index >= 15 is 0 Å². The summed E-state index contributed by atoms with van der Waals surface area (Å²) in [6, 6.07) is 6.12. The van der Waals surface area contributed by atoms with Crippen LogP contribution in [0.4, 0.5) is 0 Å². The number of benzene rings is 1. The fourth-order valence-electron chi connectivity index (χ4n) is 2.52. The molecule has 1 atom stereocenters. The molecule has 7 heteroatoms. The van der Waals surface area contributed by atoms with Crippen molar-refractivity contribution in [3.05, 3.63) is 40.7 Å². The summed E-state index contributed by atoms with van der Waals surface area (Å²) in [7, 11) is 0.